The first-order chi connectivity index (χ1) is 4.83. The summed E-state index contributed by atoms with van der Waals surface area (Å²) in [6.45, 7) is 0.643. The van der Waals surface area contributed by atoms with Crippen molar-refractivity contribution in [1.82, 2.24) is 0 Å². The van der Waals surface area contributed by atoms with Crippen LogP contribution < -0.4 is 0 Å². The van der Waals surface area contributed by atoms with Gasteiger partial charge in [-0.15, -0.1) is 0 Å². The van der Waals surface area contributed by atoms with Gasteiger partial charge in [-0.3, -0.25) is 4.79 Å². The van der Waals surface area contributed by atoms with Crippen LogP contribution in [0.1, 0.15) is 19.3 Å². The Labute approximate surface area is 60.3 Å². The highest BCUT2D eigenvalue weighted by atomic mass is 16.7. The van der Waals surface area contributed by atoms with E-state index in [1.807, 2.05) is 0 Å². The predicted molar refractivity (Wildman–Crippen MR) is 35.6 cm³/mol. The number of ether oxygens (including phenoxy) is 2. The van der Waals surface area contributed by atoms with Crippen LogP contribution in [0, 0.1) is 0 Å². The molecule has 0 amide bonds. The van der Waals surface area contributed by atoms with Gasteiger partial charge in [-0.1, -0.05) is 0 Å². The lowest BCUT2D eigenvalue weighted by Gasteiger charge is -2.10. The van der Waals surface area contributed by atoms with Crippen LogP contribution in [0.25, 0.3) is 0 Å². The summed E-state index contributed by atoms with van der Waals surface area (Å²) in [4.78, 5) is 10.9. The second-order valence-corrected chi connectivity index (χ2v) is 2.38. The van der Waals surface area contributed by atoms with Gasteiger partial charge in [0.2, 0.25) is 0 Å². The molecule has 1 fully saturated rings. The fraction of sp³-hybridized carbons (Fsp3) is 0.857. The average molecular weight is 144 g/mol. The Morgan fingerprint density at radius 1 is 1.70 bits per heavy atom. The van der Waals surface area contributed by atoms with Crippen LogP contribution in [0.15, 0.2) is 0 Å². The van der Waals surface area contributed by atoms with E-state index in [9.17, 15) is 4.79 Å². The van der Waals surface area contributed by atoms with Crippen molar-refractivity contribution in [2.24, 2.45) is 0 Å². The molecule has 0 spiro atoms. The van der Waals surface area contributed by atoms with Crippen LogP contribution in [0.5, 0.6) is 0 Å². The zero-order valence-electron chi connectivity index (χ0n) is 6.13. The van der Waals surface area contributed by atoms with Crippen molar-refractivity contribution >= 4 is 5.78 Å². The molecule has 10 heavy (non-hydrogen) atoms. The number of carbonyl (C=O) groups excluding carboxylic acids is 1. The maximum Gasteiger partial charge on any atom is 0.164 e. The first-order valence-corrected chi connectivity index (χ1v) is 3.49. The standard InChI is InChI=1S/C7H12O3/c1-9-7-5-6(8)3-2-4-10-7/h7H,2-5H2,1H3/t7-/m1/s1. The van der Waals surface area contributed by atoms with Crippen molar-refractivity contribution in [3.05, 3.63) is 0 Å². The van der Waals surface area contributed by atoms with Crippen molar-refractivity contribution in [2.75, 3.05) is 13.7 Å². The molecule has 0 bridgehead atoms. The number of Topliss-reactive ketones (excluding diaryl/α,β-unsaturated/α-hetero) is 1. The summed E-state index contributed by atoms with van der Waals surface area (Å²) in [6, 6.07) is 0. The number of ketones is 1. The summed E-state index contributed by atoms with van der Waals surface area (Å²) in [5.74, 6) is 0.240. The molecular formula is C7H12O3. The Morgan fingerprint density at radius 3 is 3.20 bits per heavy atom. The summed E-state index contributed by atoms with van der Waals surface area (Å²) in [5.41, 5.74) is 0. The summed E-state index contributed by atoms with van der Waals surface area (Å²) < 4.78 is 10.1. The fourth-order valence-corrected chi connectivity index (χ4v) is 0.982. The Bertz CT molecular complexity index is 122. The molecule has 3 nitrogen and oxygen atoms in total. The van der Waals surface area contributed by atoms with Crippen LogP contribution >= 0.6 is 0 Å². The molecule has 1 heterocycles. The van der Waals surface area contributed by atoms with Gasteiger partial charge in [0, 0.05) is 13.5 Å². The van der Waals surface area contributed by atoms with Gasteiger partial charge in [0.1, 0.15) is 5.78 Å². The van der Waals surface area contributed by atoms with Gasteiger partial charge in [0.15, 0.2) is 6.29 Å². The van der Waals surface area contributed by atoms with Gasteiger partial charge in [-0.05, 0) is 6.42 Å². The lowest BCUT2D eigenvalue weighted by molar-refractivity contribution is -0.137. The topological polar surface area (TPSA) is 35.5 Å². The van der Waals surface area contributed by atoms with E-state index in [2.05, 4.69) is 0 Å². The second-order valence-electron chi connectivity index (χ2n) is 2.38. The molecule has 1 aliphatic rings. The molecule has 0 radical (unpaired) electrons. The summed E-state index contributed by atoms with van der Waals surface area (Å²) in [5, 5.41) is 0. The SMILES string of the molecule is CO[C@H]1CC(=O)CCCO1. The number of rotatable bonds is 1. The second kappa shape index (κ2) is 3.68. The van der Waals surface area contributed by atoms with Gasteiger partial charge in [-0.25, -0.2) is 0 Å². The van der Waals surface area contributed by atoms with Crippen molar-refractivity contribution in [1.29, 1.82) is 0 Å². The van der Waals surface area contributed by atoms with E-state index in [0.717, 1.165) is 6.42 Å². The van der Waals surface area contributed by atoms with Crippen LogP contribution in [0.3, 0.4) is 0 Å². The highest BCUT2D eigenvalue weighted by Gasteiger charge is 2.16. The summed E-state index contributed by atoms with van der Waals surface area (Å²) >= 11 is 0. The lowest BCUT2D eigenvalue weighted by Crippen LogP contribution is -2.16. The van der Waals surface area contributed by atoms with Gasteiger partial charge in [-0.2, -0.15) is 0 Å². The Balaban J connectivity index is 2.38. The summed E-state index contributed by atoms with van der Waals surface area (Å²) in [7, 11) is 1.56. The normalized spacial score (nSPS) is 28.1. The average Bonchev–Trinajstić information content (AvgIpc) is 2.13. The van der Waals surface area contributed by atoms with E-state index in [4.69, 9.17) is 9.47 Å². The number of hydrogen-bond acceptors (Lipinski definition) is 3. The molecule has 58 valence electrons. The fourth-order valence-electron chi connectivity index (χ4n) is 0.982. The molecule has 0 saturated carbocycles. The number of carbonyl (C=O) groups is 1. The Morgan fingerprint density at radius 2 is 2.50 bits per heavy atom. The van der Waals surface area contributed by atoms with E-state index in [1.165, 1.54) is 0 Å². The van der Waals surface area contributed by atoms with Crippen LogP contribution in [0.2, 0.25) is 0 Å². The van der Waals surface area contributed by atoms with Gasteiger partial charge in [0.25, 0.3) is 0 Å². The maximum atomic E-state index is 10.9. The number of methoxy groups -OCH3 is 1. The Kier molecular flexibility index (Phi) is 2.83. The molecule has 0 unspecified atom stereocenters. The molecule has 0 aliphatic carbocycles. The van der Waals surface area contributed by atoms with Crippen molar-refractivity contribution in [3.63, 3.8) is 0 Å². The molecule has 1 atom stereocenters. The van der Waals surface area contributed by atoms with Crippen LogP contribution in [-0.4, -0.2) is 25.8 Å². The van der Waals surface area contributed by atoms with Crippen molar-refractivity contribution in [3.8, 4) is 0 Å². The molecule has 0 aromatic rings. The third-order valence-corrected chi connectivity index (χ3v) is 1.56. The summed E-state index contributed by atoms with van der Waals surface area (Å²) in [6.07, 6.45) is 1.59. The minimum absolute atomic E-state index is 0.240. The Hall–Kier alpha value is -0.410. The monoisotopic (exact) mass is 144 g/mol. The lowest BCUT2D eigenvalue weighted by atomic mass is 10.2. The molecule has 1 aliphatic heterocycles. The largest absolute Gasteiger partial charge is 0.355 e. The first-order valence-electron chi connectivity index (χ1n) is 3.49. The molecular weight excluding hydrogens is 132 g/mol. The van der Waals surface area contributed by atoms with Crippen LogP contribution in [0.4, 0.5) is 0 Å². The molecule has 0 N–H and O–H groups in total. The molecule has 3 heteroatoms. The highest BCUT2D eigenvalue weighted by Crippen LogP contribution is 2.09. The predicted octanol–water partition coefficient (Wildman–Crippen LogP) is 0.728. The van der Waals surface area contributed by atoms with Crippen molar-refractivity contribution in [2.45, 2.75) is 25.6 Å². The molecule has 1 saturated heterocycles. The van der Waals surface area contributed by atoms with E-state index in [0.29, 0.717) is 19.4 Å². The molecule has 0 aromatic heterocycles. The van der Waals surface area contributed by atoms with Gasteiger partial charge >= 0.3 is 0 Å². The minimum atomic E-state index is -0.296. The zero-order valence-corrected chi connectivity index (χ0v) is 6.13. The van der Waals surface area contributed by atoms with E-state index in [-0.39, 0.29) is 12.1 Å². The molecule has 0 aromatic carbocycles. The van der Waals surface area contributed by atoms with Gasteiger partial charge < -0.3 is 9.47 Å². The zero-order chi connectivity index (χ0) is 7.40. The third kappa shape index (κ3) is 2.08. The number of hydrogen-bond donors (Lipinski definition) is 0. The van der Waals surface area contributed by atoms with Gasteiger partial charge in [0.05, 0.1) is 13.0 Å². The third-order valence-electron chi connectivity index (χ3n) is 1.56. The van der Waals surface area contributed by atoms with Crippen LogP contribution in [-0.2, 0) is 14.3 Å². The first kappa shape index (κ1) is 7.69. The van der Waals surface area contributed by atoms with E-state index < -0.39 is 0 Å². The molecule has 1 rings (SSSR count). The highest BCUT2D eigenvalue weighted by molar-refractivity contribution is 5.78. The maximum absolute atomic E-state index is 10.9. The minimum Gasteiger partial charge on any atom is -0.355 e. The van der Waals surface area contributed by atoms with E-state index >= 15 is 0 Å². The van der Waals surface area contributed by atoms with Crippen molar-refractivity contribution < 1.29 is 14.3 Å². The smallest absolute Gasteiger partial charge is 0.164 e. The van der Waals surface area contributed by atoms with E-state index in [1.54, 1.807) is 7.11 Å². The quantitative estimate of drug-likeness (QED) is 0.544.